The number of likely N-dealkylation sites (tertiary alicyclic amines) is 1. The molecule has 2 atom stereocenters. The van der Waals surface area contributed by atoms with E-state index in [0.29, 0.717) is 5.92 Å². The normalized spacial score (nSPS) is 21.0. The molecule has 1 amide bonds. The van der Waals surface area contributed by atoms with Crippen LogP contribution in [0.2, 0.25) is 0 Å². The second-order valence-corrected chi connectivity index (χ2v) is 5.08. The molecule has 2 rings (SSSR count). The van der Waals surface area contributed by atoms with Crippen molar-refractivity contribution >= 4 is 5.91 Å². The fraction of sp³-hybridized carbons (Fsp3) is 0.533. The molecule has 1 fully saturated rings. The van der Waals surface area contributed by atoms with E-state index in [1.165, 1.54) is 5.56 Å². The number of carbonyl (C=O) groups excluding carboxylic acids is 1. The van der Waals surface area contributed by atoms with Crippen LogP contribution in [-0.4, -0.2) is 29.9 Å². The maximum atomic E-state index is 12.1. The highest BCUT2D eigenvalue weighted by Crippen LogP contribution is 2.27. The van der Waals surface area contributed by atoms with E-state index in [1.807, 2.05) is 11.0 Å². The van der Waals surface area contributed by atoms with Crippen LogP contribution < -0.4 is 5.73 Å². The zero-order chi connectivity index (χ0) is 13.0. The van der Waals surface area contributed by atoms with Crippen LogP contribution in [0.1, 0.15) is 37.7 Å². The Morgan fingerprint density at radius 1 is 1.44 bits per heavy atom. The lowest BCUT2D eigenvalue weighted by atomic mass is 9.99. The Morgan fingerprint density at radius 3 is 2.83 bits per heavy atom. The minimum atomic E-state index is -0.315. The van der Waals surface area contributed by atoms with Crippen molar-refractivity contribution in [3.8, 4) is 0 Å². The molecule has 2 N–H and O–H groups in total. The van der Waals surface area contributed by atoms with Gasteiger partial charge < -0.3 is 10.6 Å². The minimum absolute atomic E-state index is 0.121. The van der Waals surface area contributed by atoms with Gasteiger partial charge in [0.2, 0.25) is 5.91 Å². The largest absolute Gasteiger partial charge is 0.341 e. The lowest BCUT2D eigenvalue weighted by Crippen LogP contribution is -2.42. The van der Waals surface area contributed by atoms with Gasteiger partial charge in [0.05, 0.1) is 6.04 Å². The molecular weight excluding hydrogens is 224 g/mol. The van der Waals surface area contributed by atoms with Gasteiger partial charge in [-0.2, -0.15) is 0 Å². The van der Waals surface area contributed by atoms with Crippen LogP contribution in [0.25, 0.3) is 0 Å². The molecule has 1 unspecified atom stereocenters. The summed E-state index contributed by atoms with van der Waals surface area (Å²) >= 11 is 0. The van der Waals surface area contributed by atoms with E-state index in [0.717, 1.165) is 32.4 Å². The minimum Gasteiger partial charge on any atom is -0.341 e. The van der Waals surface area contributed by atoms with Crippen LogP contribution in [0.3, 0.4) is 0 Å². The molecule has 0 radical (unpaired) electrons. The number of benzene rings is 1. The number of nitrogens with two attached hydrogens (primary N) is 1. The van der Waals surface area contributed by atoms with Gasteiger partial charge in [0.1, 0.15) is 0 Å². The smallest absolute Gasteiger partial charge is 0.239 e. The van der Waals surface area contributed by atoms with Crippen LogP contribution in [0.5, 0.6) is 0 Å². The Bertz CT molecular complexity index is 391. The van der Waals surface area contributed by atoms with E-state index in [4.69, 9.17) is 5.73 Å². The van der Waals surface area contributed by atoms with E-state index < -0.39 is 0 Å². The lowest BCUT2D eigenvalue weighted by molar-refractivity contribution is -0.131. The van der Waals surface area contributed by atoms with Gasteiger partial charge in [-0.1, -0.05) is 43.7 Å². The molecule has 3 nitrogen and oxygen atoms in total. The van der Waals surface area contributed by atoms with Gasteiger partial charge in [0.25, 0.3) is 0 Å². The monoisotopic (exact) mass is 246 g/mol. The Hall–Kier alpha value is -1.35. The second-order valence-electron chi connectivity index (χ2n) is 5.08. The second kappa shape index (κ2) is 6.01. The summed E-state index contributed by atoms with van der Waals surface area (Å²) in [5.41, 5.74) is 7.23. The number of hydrogen-bond donors (Lipinski definition) is 1. The average molecular weight is 246 g/mol. The van der Waals surface area contributed by atoms with Gasteiger partial charge >= 0.3 is 0 Å². The molecule has 0 aromatic heterocycles. The summed E-state index contributed by atoms with van der Waals surface area (Å²) in [4.78, 5) is 14.0. The molecule has 1 heterocycles. The molecule has 0 saturated carbocycles. The predicted octanol–water partition coefficient (Wildman–Crippen LogP) is 2.13. The highest BCUT2D eigenvalue weighted by Gasteiger charge is 2.29. The highest BCUT2D eigenvalue weighted by atomic mass is 16.2. The quantitative estimate of drug-likeness (QED) is 0.884. The highest BCUT2D eigenvalue weighted by molar-refractivity contribution is 5.82. The van der Waals surface area contributed by atoms with Crippen molar-refractivity contribution in [2.75, 3.05) is 13.1 Å². The van der Waals surface area contributed by atoms with Crippen molar-refractivity contribution in [3.63, 3.8) is 0 Å². The Morgan fingerprint density at radius 2 is 2.17 bits per heavy atom. The average Bonchev–Trinajstić information content (AvgIpc) is 2.89. The van der Waals surface area contributed by atoms with Crippen LogP contribution in [0.4, 0.5) is 0 Å². The SMILES string of the molecule is CCC[C@@H](N)C(=O)N1CCC(c2ccccc2)C1. The lowest BCUT2D eigenvalue weighted by Gasteiger charge is -2.20. The van der Waals surface area contributed by atoms with Gasteiger partial charge in [-0.05, 0) is 18.4 Å². The van der Waals surface area contributed by atoms with Crippen molar-refractivity contribution < 1.29 is 4.79 Å². The summed E-state index contributed by atoms with van der Waals surface area (Å²) in [6.07, 6.45) is 2.79. The van der Waals surface area contributed by atoms with E-state index >= 15 is 0 Å². The van der Waals surface area contributed by atoms with Crippen molar-refractivity contribution in [1.82, 2.24) is 4.90 Å². The molecule has 1 aromatic rings. The first-order valence-corrected chi connectivity index (χ1v) is 6.81. The number of hydrogen-bond acceptors (Lipinski definition) is 2. The third-order valence-corrected chi connectivity index (χ3v) is 3.69. The zero-order valence-electron chi connectivity index (χ0n) is 11.0. The molecule has 1 saturated heterocycles. The summed E-state index contributed by atoms with van der Waals surface area (Å²) in [6, 6.07) is 10.1. The molecular formula is C15H22N2O. The Balaban J connectivity index is 1.94. The predicted molar refractivity (Wildman–Crippen MR) is 73.3 cm³/mol. The van der Waals surface area contributed by atoms with Crippen molar-refractivity contribution in [3.05, 3.63) is 35.9 Å². The van der Waals surface area contributed by atoms with E-state index in [-0.39, 0.29) is 11.9 Å². The van der Waals surface area contributed by atoms with Crippen molar-refractivity contribution in [2.45, 2.75) is 38.1 Å². The standard InChI is InChI=1S/C15H22N2O/c1-2-6-14(16)15(18)17-10-9-13(11-17)12-7-4-3-5-8-12/h3-5,7-8,13-14H,2,6,9-11,16H2,1H3/t13?,14-/m1/s1. The first kappa shape index (κ1) is 13.1. The maximum absolute atomic E-state index is 12.1. The molecule has 1 aliphatic heterocycles. The van der Waals surface area contributed by atoms with E-state index in [9.17, 15) is 4.79 Å². The Kier molecular flexibility index (Phi) is 4.37. The van der Waals surface area contributed by atoms with Crippen LogP contribution in [0, 0.1) is 0 Å². The zero-order valence-corrected chi connectivity index (χ0v) is 11.0. The first-order valence-electron chi connectivity index (χ1n) is 6.81. The molecule has 0 spiro atoms. The topological polar surface area (TPSA) is 46.3 Å². The van der Waals surface area contributed by atoms with Gasteiger partial charge in [0.15, 0.2) is 0 Å². The summed E-state index contributed by atoms with van der Waals surface area (Å²) in [7, 11) is 0. The van der Waals surface area contributed by atoms with Gasteiger partial charge in [-0.15, -0.1) is 0 Å². The van der Waals surface area contributed by atoms with Gasteiger partial charge in [-0.3, -0.25) is 4.79 Å². The number of rotatable bonds is 4. The third kappa shape index (κ3) is 2.91. The first-order chi connectivity index (χ1) is 8.72. The fourth-order valence-corrected chi connectivity index (χ4v) is 2.63. The van der Waals surface area contributed by atoms with Crippen LogP contribution in [-0.2, 0) is 4.79 Å². The molecule has 1 aliphatic rings. The summed E-state index contributed by atoms with van der Waals surface area (Å²) in [5.74, 6) is 0.597. The number of nitrogens with zero attached hydrogens (tertiary/aromatic N) is 1. The molecule has 18 heavy (non-hydrogen) atoms. The van der Waals surface area contributed by atoms with E-state index in [1.54, 1.807) is 0 Å². The summed E-state index contributed by atoms with van der Waals surface area (Å²) in [6.45, 7) is 3.72. The number of amides is 1. The Labute approximate surface area is 109 Å². The van der Waals surface area contributed by atoms with Crippen molar-refractivity contribution in [2.24, 2.45) is 5.73 Å². The van der Waals surface area contributed by atoms with Gasteiger partial charge in [0, 0.05) is 19.0 Å². The molecule has 1 aromatic carbocycles. The fourth-order valence-electron chi connectivity index (χ4n) is 2.63. The van der Waals surface area contributed by atoms with Gasteiger partial charge in [-0.25, -0.2) is 0 Å². The van der Waals surface area contributed by atoms with Crippen molar-refractivity contribution in [1.29, 1.82) is 0 Å². The van der Waals surface area contributed by atoms with Crippen LogP contribution >= 0.6 is 0 Å². The number of carbonyl (C=O) groups is 1. The summed E-state index contributed by atoms with van der Waals surface area (Å²) in [5, 5.41) is 0. The van der Waals surface area contributed by atoms with Crippen LogP contribution in [0.15, 0.2) is 30.3 Å². The third-order valence-electron chi connectivity index (χ3n) is 3.69. The molecule has 98 valence electrons. The summed E-state index contributed by atoms with van der Waals surface area (Å²) < 4.78 is 0. The molecule has 0 aliphatic carbocycles. The molecule has 3 heteroatoms. The van der Waals surface area contributed by atoms with E-state index in [2.05, 4.69) is 31.2 Å². The molecule has 0 bridgehead atoms. The maximum Gasteiger partial charge on any atom is 0.239 e.